The zero-order chi connectivity index (χ0) is 19.8. The SMILES string of the molecule is Cn1cc(C(=O)NCC2CCCO2)c2[nH]c(=O)n(-c3ccc(Cl)cc3)c(=O)c21. The fourth-order valence-corrected chi connectivity index (χ4v) is 3.60. The van der Waals surface area contributed by atoms with Crippen LogP contribution in [0.15, 0.2) is 40.1 Å². The Morgan fingerprint density at radius 1 is 1.32 bits per heavy atom. The Morgan fingerprint density at radius 2 is 2.07 bits per heavy atom. The molecule has 1 unspecified atom stereocenters. The third kappa shape index (κ3) is 3.25. The van der Waals surface area contributed by atoms with Crippen LogP contribution in [0, 0.1) is 0 Å². The van der Waals surface area contributed by atoms with E-state index in [0.717, 1.165) is 17.4 Å². The number of H-pyrrole nitrogens is 1. The number of carbonyl (C=O) groups is 1. The van der Waals surface area contributed by atoms with E-state index < -0.39 is 11.2 Å². The van der Waals surface area contributed by atoms with E-state index in [1.165, 1.54) is 0 Å². The van der Waals surface area contributed by atoms with Crippen molar-refractivity contribution in [3.05, 3.63) is 61.9 Å². The molecule has 1 fully saturated rings. The smallest absolute Gasteiger partial charge is 0.333 e. The van der Waals surface area contributed by atoms with Gasteiger partial charge in [-0.25, -0.2) is 9.36 Å². The van der Waals surface area contributed by atoms with Gasteiger partial charge in [0, 0.05) is 31.4 Å². The molecule has 1 aliphatic heterocycles. The zero-order valence-corrected chi connectivity index (χ0v) is 16.0. The summed E-state index contributed by atoms with van der Waals surface area (Å²) in [5, 5.41) is 3.31. The van der Waals surface area contributed by atoms with Crippen molar-refractivity contribution in [2.75, 3.05) is 13.2 Å². The Morgan fingerprint density at radius 3 is 2.75 bits per heavy atom. The largest absolute Gasteiger partial charge is 0.376 e. The minimum absolute atomic E-state index is 0.0000998. The van der Waals surface area contributed by atoms with Gasteiger partial charge in [0.1, 0.15) is 5.52 Å². The maximum atomic E-state index is 13.0. The first-order valence-corrected chi connectivity index (χ1v) is 9.33. The van der Waals surface area contributed by atoms with Crippen molar-refractivity contribution in [3.8, 4) is 5.69 Å². The first kappa shape index (κ1) is 18.5. The second kappa shape index (κ2) is 7.29. The lowest BCUT2D eigenvalue weighted by atomic mass is 10.2. The monoisotopic (exact) mass is 402 g/mol. The summed E-state index contributed by atoms with van der Waals surface area (Å²) in [6, 6.07) is 6.37. The van der Waals surface area contributed by atoms with Crippen molar-refractivity contribution < 1.29 is 9.53 Å². The highest BCUT2D eigenvalue weighted by Gasteiger charge is 2.22. The van der Waals surface area contributed by atoms with Crippen molar-refractivity contribution in [3.63, 3.8) is 0 Å². The molecule has 1 saturated heterocycles. The summed E-state index contributed by atoms with van der Waals surface area (Å²) < 4.78 is 8.07. The van der Waals surface area contributed by atoms with Gasteiger partial charge in [-0.2, -0.15) is 0 Å². The summed E-state index contributed by atoms with van der Waals surface area (Å²) in [7, 11) is 1.66. The highest BCUT2D eigenvalue weighted by atomic mass is 35.5. The van der Waals surface area contributed by atoms with Gasteiger partial charge in [0.25, 0.3) is 11.5 Å². The number of hydrogen-bond acceptors (Lipinski definition) is 4. The predicted octanol–water partition coefficient (Wildman–Crippen LogP) is 1.58. The number of rotatable bonds is 4. The fraction of sp³-hybridized carbons (Fsp3) is 0.316. The first-order valence-electron chi connectivity index (χ1n) is 8.96. The molecule has 9 heteroatoms. The van der Waals surface area contributed by atoms with Gasteiger partial charge in [-0.3, -0.25) is 9.59 Å². The Bertz CT molecular complexity index is 1150. The minimum Gasteiger partial charge on any atom is -0.376 e. The van der Waals surface area contributed by atoms with Gasteiger partial charge in [-0.1, -0.05) is 11.6 Å². The maximum absolute atomic E-state index is 13.0. The van der Waals surface area contributed by atoms with Crippen LogP contribution in [0.4, 0.5) is 0 Å². The highest BCUT2D eigenvalue weighted by molar-refractivity contribution is 6.30. The first-order chi connectivity index (χ1) is 13.5. The second-order valence-corrected chi connectivity index (χ2v) is 7.21. The summed E-state index contributed by atoms with van der Waals surface area (Å²) in [6.45, 7) is 1.09. The van der Waals surface area contributed by atoms with Gasteiger partial charge in [0.2, 0.25) is 0 Å². The van der Waals surface area contributed by atoms with Crippen molar-refractivity contribution in [2.24, 2.45) is 7.05 Å². The average molecular weight is 403 g/mol. The van der Waals surface area contributed by atoms with Crippen molar-refractivity contribution in [1.82, 2.24) is 19.4 Å². The van der Waals surface area contributed by atoms with Crippen LogP contribution in [-0.4, -0.2) is 39.3 Å². The van der Waals surface area contributed by atoms with Crippen molar-refractivity contribution >= 4 is 28.5 Å². The molecule has 146 valence electrons. The molecule has 1 aliphatic rings. The summed E-state index contributed by atoms with van der Waals surface area (Å²) >= 11 is 5.88. The molecule has 0 bridgehead atoms. The normalized spacial score (nSPS) is 16.6. The molecule has 28 heavy (non-hydrogen) atoms. The number of ether oxygens (including phenoxy) is 1. The quantitative estimate of drug-likeness (QED) is 0.692. The van der Waals surface area contributed by atoms with Gasteiger partial charge < -0.3 is 19.6 Å². The van der Waals surface area contributed by atoms with E-state index in [4.69, 9.17) is 16.3 Å². The van der Waals surface area contributed by atoms with Crippen LogP contribution in [0.5, 0.6) is 0 Å². The summed E-state index contributed by atoms with van der Waals surface area (Å²) in [6.07, 6.45) is 3.42. The summed E-state index contributed by atoms with van der Waals surface area (Å²) in [5.41, 5.74) is -0.0543. The molecule has 0 aliphatic carbocycles. The lowest BCUT2D eigenvalue weighted by Crippen LogP contribution is -2.35. The standard InChI is InChI=1S/C19H19ClN4O4/c1-23-10-14(17(25)21-9-13-3-2-8-28-13)15-16(23)18(26)24(19(27)22-15)12-6-4-11(20)5-7-12/h4-7,10,13H,2-3,8-9H2,1H3,(H,21,25)(H,22,27). The molecule has 2 aromatic heterocycles. The van der Waals surface area contributed by atoms with Crippen molar-refractivity contribution in [2.45, 2.75) is 18.9 Å². The number of hydrogen-bond donors (Lipinski definition) is 2. The van der Waals surface area contributed by atoms with Crippen LogP contribution in [0.25, 0.3) is 16.7 Å². The molecule has 0 spiro atoms. The van der Waals surface area contributed by atoms with Gasteiger partial charge in [0.05, 0.1) is 22.9 Å². The molecule has 1 aromatic carbocycles. The molecule has 0 radical (unpaired) electrons. The molecule has 3 aromatic rings. The lowest BCUT2D eigenvalue weighted by Gasteiger charge is -2.10. The number of benzene rings is 1. The van der Waals surface area contributed by atoms with Crippen LogP contribution in [0.3, 0.4) is 0 Å². The number of amides is 1. The van der Waals surface area contributed by atoms with E-state index in [1.807, 2.05) is 0 Å². The Labute approximate surface area is 164 Å². The number of nitrogens with one attached hydrogen (secondary N) is 2. The molecule has 2 N–H and O–H groups in total. The van der Waals surface area contributed by atoms with Crippen LogP contribution in [0.1, 0.15) is 23.2 Å². The Hall–Kier alpha value is -2.84. The third-order valence-electron chi connectivity index (χ3n) is 4.87. The van der Waals surface area contributed by atoms with Crippen molar-refractivity contribution in [1.29, 1.82) is 0 Å². The number of aromatic nitrogens is 3. The van der Waals surface area contributed by atoms with Gasteiger partial charge in [-0.15, -0.1) is 0 Å². The molecule has 8 nitrogen and oxygen atoms in total. The number of aryl methyl sites for hydroxylation is 1. The van der Waals surface area contributed by atoms with E-state index in [1.54, 1.807) is 42.1 Å². The minimum atomic E-state index is -0.626. The van der Waals surface area contributed by atoms with Crippen LogP contribution in [-0.2, 0) is 11.8 Å². The van der Waals surface area contributed by atoms with E-state index in [-0.39, 0.29) is 28.6 Å². The lowest BCUT2D eigenvalue weighted by molar-refractivity contribution is 0.0859. The maximum Gasteiger partial charge on any atom is 0.333 e. The number of halogens is 1. The molecule has 0 saturated carbocycles. The Balaban J connectivity index is 1.75. The van der Waals surface area contributed by atoms with Gasteiger partial charge >= 0.3 is 5.69 Å². The van der Waals surface area contributed by atoms with Gasteiger partial charge in [0.15, 0.2) is 0 Å². The Kier molecular flexibility index (Phi) is 4.82. The molecule has 3 heterocycles. The van der Waals surface area contributed by atoms with Crippen LogP contribution < -0.4 is 16.6 Å². The topological polar surface area (TPSA) is 98.1 Å². The summed E-state index contributed by atoms with van der Waals surface area (Å²) in [4.78, 5) is 40.9. The number of carbonyl (C=O) groups excluding carboxylic acids is 1. The molecule has 1 atom stereocenters. The number of fused-ring (bicyclic) bond motifs is 1. The number of nitrogens with zero attached hydrogens (tertiary/aromatic N) is 2. The van der Waals surface area contributed by atoms with Crippen LogP contribution >= 0.6 is 11.6 Å². The highest BCUT2D eigenvalue weighted by Crippen LogP contribution is 2.17. The molecular formula is C19H19ClN4O4. The number of aromatic amines is 1. The van der Waals surface area contributed by atoms with Gasteiger partial charge in [-0.05, 0) is 37.1 Å². The third-order valence-corrected chi connectivity index (χ3v) is 5.12. The molecular weight excluding hydrogens is 384 g/mol. The fourth-order valence-electron chi connectivity index (χ4n) is 3.48. The van der Waals surface area contributed by atoms with E-state index >= 15 is 0 Å². The van der Waals surface area contributed by atoms with E-state index in [2.05, 4.69) is 10.3 Å². The predicted molar refractivity (Wildman–Crippen MR) is 105 cm³/mol. The van der Waals surface area contributed by atoms with E-state index in [0.29, 0.717) is 23.9 Å². The molecule has 1 amide bonds. The zero-order valence-electron chi connectivity index (χ0n) is 15.2. The second-order valence-electron chi connectivity index (χ2n) is 6.77. The van der Waals surface area contributed by atoms with Crippen LogP contribution in [0.2, 0.25) is 5.02 Å². The van der Waals surface area contributed by atoms with E-state index in [9.17, 15) is 14.4 Å². The summed E-state index contributed by atoms with van der Waals surface area (Å²) in [5.74, 6) is -0.361. The average Bonchev–Trinajstić information content (AvgIpc) is 3.29. The molecule has 4 rings (SSSR count).